The van der Waals surface area contributed by atoms with E-state index in [9.17, 15) is 4.79 Å². The number of anilines is 1. The highest BCUT2D eigenvalue weighted by Gasteiger charge is 2.12. The van der Waals surface area contributed by atoms with E-state index >= 15 is 0 Å². The fourth-order valence-corrected chi connectivity index (χ4v) is 1.64. The van der Waals surface area contributed by atoms with Gasteiger partial charge in [-0.2, -0.15) is 4.98 Å². The number of hydrogen-bond acceptors (Lipinski definition) is 3. The molecule has 14 heavy (non-hydrogen) atoms. The molecule has 1 aromatic rings. The lowest BCUT2D eigenvalue weighted by Crippen LogP contribution is -2.31. The first kappa shape index (κ1) is 9.24. The Bertz CT molecular complexity index is 395. The highest BCUT2D eigenvalue weighted by atomic mass is 16.1. The Balaban J connectivity index is 2.52. The Hall–Kier alpha value is -1.32. The lowest BCUT2D eigenvalue weighted by Gasteiger charge is -2.20. The summed E-state index contributed by atoms with van der Waals surface area (Å²) in [5.41, 5.74) is 0.744. The van der Waals surface area contributed by atoms with E-state index in [-0.39, 0.29) is 5.69 Å². The van der Waals surface area contributed by atoms with Crippen LogP contribution >= 0.6 is 0 Å². The number of fused-ring (bicyclic) bond motifs is 1. The summed E-state index contributed by atoms with van der Waals surface area (Å²) in [5, 5.41) is 3.22. The first-order valence-electron chi connectivity index (χ1n) is 5.04. The van der Waals surface area contributed by atoms with Crippen LogP contribution in [0.5, 0.6) is 0 Å². The molecule has 0 aromatic carbocycles. The molecule has 4 nitrogen and oxygen atoms in total. The average molecular weight is 193 g/mol. The van der Waals surface area contributed by atoms with Gasteiger partial charge in [-0.15, -0.1) is 0 Å². The molecule has 0 atom stereocenters. The van der Waals surface area contributed by atoms with Crippen molar-refractivity contribution in [1.82, 2.24) is 9.55 Å². The van der Waals surface area contributed by atoms with E-state index < -0.39 is 0 Å². The molecule has 1 aromatic heterocycles. The van der Waals surface area contributed by atoms with Crippen molar-refractivity contribution < 1.29 is 0 Å². The summed E-state index contributed by atoms with van der Waals surface area (Å²) in [7, 11) is 0. The zero-order chi connectivity index (χ0) is 10.1. The van der Waals surface area contributed by atoms with E-state index in [0.29, 0.717) is 5.92 Å². The molecule has 2 rings (SSSR count). The van der Waals surface area contributed by atoms with Crippen molar-refractivity contribution in [2.75, 3.05) is 11.9 Å². The lowest BCUT2D eigenvalue weighted by atomic mass is 10.1. The van der Waals surface area contributed by atoms with E-state index in [1.807, 2.05) is 19.9 Å². The molecule has 0 fully saturated rings. The van der Waals surface area contributed by atoms with Gasteiger partial charge in [-0.1, -0.05) is 13.8 Å². The number of nitrogens with one attached hydrogen (secondary N) is 1. The van der Waals surface area contributed by atoms with Gasteiger partial charge in [-0.3, -0.25) is 4.57 Å². The van der Waals surface area contributed by atoms with Gasteiger partial charge in [-0.05, 0) is 12.3 Å². The van der Waals surface area contributed by atoms with Crippen LogP contribution in [0.15, 0.2) is 10.9 Å². The maximum Gasteiger partial charge on any atom is 0.349 e. The molecule has 2 heterocycles. The van der Waals surface area contributed by atoms with E-state index in [0.717, 1.165) is 31.0 Å². The summed E-state index contributed by atoms with van der Waals surface area (Å²) in [5.74, 6) is 1.22. The van der Waals surface area contributed by atoms with Crippen LogP contribution in [0.3, 0.4) is 0 Å². The SMILES string of the molecule is CC(C)c1cc2n(c(=O)n1)CCCN2. The van der Waals surface area contributed by atoms with Crippen LogP contribution in [0, 0.1) is 0 Å². The van der Waals surface area contributed by atoms with Crippen molar-refractivity contribution in [2.45, 2.75) is 32.7 Å². The third-order valence-corrected chi connectivity index (χ3v) is 2.49. The zero-order valence-electron chi connectivity index (χ0n) is 8.58. The summed E-state index contributed by atoms with van der Waals surface area (Å²) in [6.45, 7) is 5.82. The molecule has 0 saturated carbocycles. The Morgan fingerprint density at radius 3 is 3.07 bits per heavy atom. The Morgan fingerprint density at radius 1 is 1.57 bits per heavy atom. The van der Waals surface area contributed by atoms with Gasteiger partial charge in [0.2, 0.25) is 0 Å². The number of rotatable bonds is 1. The van der Waals surface area contributed by atoms with Crippen LogP contribution in [-0.4, -0.2) is 16.1 Å². The third-order valence-electron chi connectivity index (χ3n) is 2.49. The third kappa shape index (κ3) is 1.52. The summed E-state index contributed by atoms with van der Waals surface area (Å²) in [6, 6.07) is 1.98. The summed E-state index contributed by atoms with van der Waals surface area (Å²) in [4.78, 5) is 15.7. The molecule has 0 radical (unpaired) electrons. The Labute approximate surface area is 83.0 Å². The molecule has 4 heteroatoms. The van der Waals surface area contributed by atoms with E-state index in [2.05, 4.69) is 10.3 Å². The second-order valence-corrected chi connectivity index (χ2v) is 3.94. The van der Waals surface area contributed by atoms with Crippen LogP contribution in [-0.2, 0) is 6.54 Å². The first-order chi connectivity index (χ1) is 6.68. The molecule has 1 aliphatic heterocycles. The predicted octanol–water partition coefficient (Wildman–Crippen LogP) is 1.18. The second kappa shape index (κ2) is 3.44. The van der Waals surface area contributed by atoms with Crippen LogP contribution in [0.25, 0.3) is 0 Å². The molecule has 0 spiro atoms. The molecule has 1 N–H and O–H groups in total. The lowest BCUT2D eigenvalue weighted by molar-refractivity contribution is 0.586. The maximum absolute atomic E-state index is 11.6. The second-order valence-electron chi connectivity index (χ2n) is 3.94. The molecular formula is C10H15N3O. The molecule has 0 amide bonds. The topological polar surface area (TPSA) is 46.9 Å². The Morgan fingerprint density at radius 2 is 2.36 bits per heavy atom. The number of aromatic nitrogens is 2. The van der Waals surface area contributed by atoms with Gasteiger partial charge in [0, 0.05) is 19.2 Å². The standard InChI is InChI=1S/C10H15N3O/c1-7(2)8-6-9-11-4-3-5-13(9)10(14)12-8/h6-7,11H,3-5H2,1-2H3. The summed E-state index contributed by atoms with van der Waals surface area (Å²) < 4.78 is 1.70. The quantitative estimate of drug-likeness (QED) is 0.728. The molecule has 0 aliphatic carbocycles. The number of nitrogens with zero attached hydrogens (tertiary/aromatic N) is 2. The van der Waals surface area contributed by atoms with Crippen molar-refractivity contribution in [2.24, 2.45) is 0 Å². The van der Waals surface area contributed by atoms with Crippen molar-refractivity contribution in [1.29, 1.82) is 0 Å². The molecule has 0 bridgehead atoms. The van der Waals surface area contributed by atoms with Crippen LogP contribution in [0.1, 0.15) is 31.9 Å². The average Bonchev–Trinajstić information content (AvgIpc) is 2.17. The van der Waals surface area contributed by atoms with Crippen molar-refractivity contribution >= 4 is 5.82 Å². The van der Waals surface area contributed by atoms with Gasteiger partial charge >= 0.3 is 5.69 Å². The minimum atomic E-state index is -0.126. The fraction of sp³-hybridized carbons (Fsp3) is 0.600. The minimum Gasteiger partial charge on any atom is -0.371 e. The van der Waals surface area contributed by atoms with E-state index in [1.54, 1.807) is 4.57 Å². The first-order valence-corrected chi connectivity index (χ1v) is 5.04. The van der Waals surface area contributed by atoms with Gasteiger partial charge in [0.15, 0.2) is 0 Å². The molecule has 0 saturated heterocycles. The summed E-state index contributed by atoms with van der Waals surface area (Å²) >= 11 is 0. The van der Waals surface area contributed by atoms with Gasteiger partial charge in [-0.25, -0.2) is 4.79 Å². The Kier molecular flexibility index (Phi) is 2.27. The highest BCUT2D eigenvalue weighted by Crippen LogP contribution is 2.16. The molecule has 1 aliphatic rings. The minimum absolute atomic E-state index is 0.126. The normalized spacial score (nSPS) is 15.1. The monoisotopic (exact) mass is 193 g/mol. The van der Waals surface area contributed by atoms with Crippen molar-refractivity contribution in [3.63, 3.8) is 0 Å². The molecular weight excluding hydrogens is 178 g/mol. The maximum atomic E-state index is 11.6. The zero-order valence-corrected chi connectivity index (χ0v) is 8.58. The van der Waals surface area contributed by atoms with Crippen LogP contribution < -0.4 is 11.0 Å². The van der Waals surface area contributed by atoms with E-state index in [4.69, 9.17) is 0 Å². The van der Waals surface area contributed by atoms with Crippen LogP contribution in [0.4, 0.5) is 5.82 Å². The number of hydrogen-bond donors (Lipinski definition) is 1. The summed E-state index contributed by atoms with van der Waals surface area (Å²) in [6.07, 6.45) is 0.996. The fourth-order valence-electron chi connectivity index (χ4n) is 1.64. The van der Waals surface area contributed by atoms with Crippen LogP contribution in [0.2, 0.25) is 0 Å². The smallest absolute Gasteiger partial charge is 0.349 e. The van der Waals surface area contributed by atoms with Gasteiger partial charge in [0.05, 0.1) is 5.69 Å². The molecule has 76 valence electrons. The van der Waals surface area contributed by atoms with Gasteiger partial charge in [0.1, 0.15) is 5.82 Å². The van der Waals surface area contributed by atoms with Crippen molar-refractivity contribution in [3.8, 4) is 0 Å². The van der Waals surface area contributed by atoms with E-state index in [1.165, 1.54) is 0 Å². The molecule has 0 unspecified atom stereocenters. The van der Waals surface area contributed by atoms with Crippen molar-refractivity contribution in [3.05, 3.63) is 22.2 Å². The van der Waals surface area contributed by atoms with Gasteiger partial charge in [0.25, 0.3) is 0 Å². The highest BCUT2D eigenvalue weighted by molar-refractivity contribution is 5.38. The largest absolute Gasteiger partial charge is 0.371 e. The van der Waals surface area contributed by atoms with Gasteiger partial charge < -0.3 is 5.32 Å². The predicted molar refractivity (Wildman–Crippen MR) is 55.7 cm³/mol.